The van der Waals surface area contributed by atoms with Crippen molar-refractivity contribution in [2.75, 3.05) is 0 Å². The average molecular weight is 291 g/mol. The van der Waals surface area contributed by atoms with Gasteiger partial charge in [-0.15, -0.1) is 0 Å². The summed E-state index contributed by atoms with van der Waals surface area (Å²) in [5.41, 5.74) is 0.0367. The Labute approximate surface area is 128 Å². The monoisotopic (exact) mass is 291 g/mol. The Balaban J connectivity index is 1.93. The van der Waals surface area contributed by atoms with Crippen molar-refractivity contribution in [1.82, 2.24) is 5.32 Å². The fraction of sp³-hybridized carbons (Fsp3) is 0.778. The number of amides is 2. The molecule has 2 amide bonds. The van der Waals surface area contributed by atoms with Crippen LogP contribution in [0, 0.1) is 17.3 Å². The molecule has 0 aromatic rings. The lowest BCUT2D eigenvalue weighted by Gasteiger charge is -2.31. The van der Waals surface area contributed by atoms with Gasteiger partial charge in [-0.05, 0) is 31.6 Å². The van der Waals surface area contributed by atoms with E-state index < -0.39 is 0 Å². The van der Waals surface area contributed by atoms with Crippen LogP contribution in [0.2, 0.25) is 0 Å². The molecule has 2 aliphatic rings. The van der Waals surface area contributed by atoms with Gasteiger partial charge in [-0.3, -0.25) is 14.9 Å². The molecule has 2 rings (SSSR count). The normalized spacial score (nSPS) is 29.8. The molecule has 3 unspecified atom stereocenters. The highest BCUT2D eigenvalue weighted by Crippen LogP contribution is 2.56. The molecule has 0 spiro atoms. The molecule has 21 heavy (non-hydrogen) atoms. The number of unbranched alkanes of at least 4 members (excludes halogenated alkanes) is 3. The molecular formula is C18H29NO2. The number of hydrogen-bond acceptors (Lipinski definition) is 2. The number of hydrogen-bond donors (Lipinski definition) is 1. The van der Waals surface area contributed by atoms with Gasteiger partial charge in [-0.25, -0.2) is 0 Å². The van der Waals surface area contributed by atoms with E-state index in [4.69, 9.17) is 0 Å². The van der Waals surface area contributed by atoms with Crippen molar-refractivity contribution in [3.63, 3.8) is 0 Å². The van der Waals surface area contributed by atoms with Crippen molar-refractivity contribution in [3.05, 3.63) is 12.2 Å². The Morgan fingerprint density at radius 2 is 1.95 bits per heavy atom. The highest BCUT2D eigenvalue weighted by molar-refractivity contribution is 5.97. The summed E-state index contributed by atoms with van der Waals surface area (Å²) in [6, 6.07) is 0. The first-order chi connectivity index (χ1) is 10.1. The van der Waals surface area contributed by atoms with Crippen molar-refractivity contribution in [2.45, 2.75) is 71.6 Å². The molecule has 0 aromatic carbocycles. The van der Waals surface area contributed by atoms with E-state index in [9.17, 15) is 9.59 Å². The lowest BCUT2D eigenvalue weighted by atomic mass is 9.73. The molecule has 0 aliphatic heterocycles. The minimum atomic E-state index is -0.0997. The van der Waals surface area contributed by atoms with Gasteiger partial charge in [-0.2, -0.15) is 0 Å². The highest BCUT2D eigenvalue weighted by Gasteiger charge is 2.51. The molecule has 3 heteroatoms. The van der Waals surface area contributed by atoms with Gasteiger partial charge in [0, 0.05) is 17.8 Å². The summed E-state index contributed by atoms with van der Waals surface area (Å²) in [7, 11) is 0. The van der Waals surface area contributed by atoms with Crippen molar-refractivity contribution in [3.8, 4) is 0 Å². The molecule has 3 atom stereocenters. The molecule has 1 fully saturated rings. The van der Waals surface area contributed by atoms with E-state index in [0.717, 1.165) is 32.1 Å². The Morgan fingerprint density at radius 1 is 1.19 bits per heavy atom. The minimum Gasteiger partial charge on any atom is -0.296 e. The zero-order valence-corrected chi connectivity index (χ0v) is 13.5. The van der Waals surface area contributed by atoms with E-state index >= 15 is 0 Å². The van der Waals surface area contributed by atoms with Crippen LogP contribution in [0.4, 0.5) is 0 Å². The van der Waals surface area contributed by atoms with Gasteiger partial charge in [0.15, 0.2) is 0 Å². The van der Waals surface area contributed by atoms with Gasteiger partial charge in [0.05, 0.1) is 0 Å². The van der Waals surface area contributed by atoms with Crippen LogP contribution in [0.25, 0.3) is 0 Å². The highest BCUT2D eigenvalue weighted by atomic mass is 16.2. The zero-order valence-electron chi connectivity index (χ0n) is 13.5. The van der Waals surface area contributed by atoms with Gasteiger partial charge in [0.25, 0.3) is 0 Å². The van der Waals surface area contributed by atoms with Crippen molar-refractivity contribution in [2.24, 2.45) is 17.3 Å². The Kier molecular flexibility index (Phi) is 5.60. The summed E-state index contributed by atoms with van der Waals surface area (Å²) in [5.74, 6) is 0.430. The molecule has 2 aliphatic carbocycles. The molecule has 1 saturated carbocycles. The second-order valence-electron chi connectivity index (χ2n) is 6.82. The first kappa shape index (κ1) is 16.3. The maximum atomic E-state index is 12.5. The predicted octanol–water partition coefficient (Wildman–Crippen LogP) is 3.98. The summed E-state index contributed by atoms with van der Waals surface area (Å²) in [5, 5.41) is 2.64. The molecular weight excluding hydrogens is 262 g/mol. The van der Waals surface area contributed by atoms with Crippen LogP contribution in [0.15, 0.2) is 12.2 Å². The van der Waals surface area contributed by atoms with Gasteiger partial charge >= 0.3 is 0 Å². The summed E-state index contributed by atoms with van der Waals surface area (Å²) in [6.07, 6.45) is 13.6. The van der Waals surface area contributed by atoms with E-state index in [1.54, 1.807) is 0 Å². The molecule has 0 radical (unpaired) electrons. The number of carbonyl (C=O) groups excluding carboxylic acids is 2. The first-order valence-electron chi connectivity index (χ1n) is 8.64. The molecule has 0 saturated heterocycles. The van der Waals surface area contributed by atoms with E-state index in [1.165, 1.54) is 19.3 Å². The lowest BCUT2D eigenvalue weighted by Crippen LogP contribution is -2.41. The summed E-state index contributed by atoms with van der Waals surface area (Å²) < 4.78 is 0. The molecule has 0 aromatic heterocycles. The Bertz CT molecular complexity index is 415. The standard InChI is InChI=1S/C18H29NO2/c1-3-5-7-10-18-11-9-14(13-18)12-15(18)17(21)19-16(20)8-6-4-2/h9,11,14-15H,3-8,10,12-13H2,1-2H3,(H,19,20,21). The SMILES string of the molecule is CCCCCC12C=CC(CC1C(=O)NC(=O)CCCC)C2. The van der Waals surface area contributed by atoms with Crippen LogP contribution in [0.5, 0.6) is 0 Å². The fourth-order valence-corrected chi connectivity index (χ4v) is 3.97. The predicted molar refractivity (Wildman–Crippen MR) is 84.6 cm³/mol. The van der Waals surface area contributed by atoms with Crippen LogP contribution in [0.1, 0.15) is 71.6 Å². The second-order valence-corrected chi connectivity index (χ2v) is 6.82. The number of rotatable bonds is 8. The zero-order chi connectivity index (χ0) is 15.3. The molecule has 1 N–H and O–H groups in total. The van der Waals surface area contributed by atoms with Crippen LogP contribution in [-0.2, 0) is 9.59 Å². The van der Waals surface area contributed by atoms with Crippen LogP contribution >= 0.6 is 0 Å². The third kappa shape index (κ3) is 3.75. The van der Waals surface area contributed by atoms with Crippen LogP contribution in [0.3, 0.4) is 0 Å². The van der Waals surface area contributed by atoms with Crippen molar-refractivity contribution in [1.29, 1.82) is 0 Å². The largest absolute Gasteiger partial charge is 0.296 e. The Morgan fingerprint density at radius 3 is 2.62 bits per heavy atom. The van der Waals surface area contributed by atoms with E-state index in [1.807, 2.05) is 0 Å². The van der Waals surface area contributed by atoms with Crippen LogP contribution in [-0.4, -0.2) is 11.8 Å². The summed E-state index contributed by atoms with van der Waals surface area (Å²) in [6.45, 7) is 4.26. The van der Waals surface area contributed by atoms with Gasteiger partial charge in [0.1, 0.15) is 0 Å². The quantitative estimate of drug-likeness (QED) is 0.543. The van der Waals surface area contributed by atoms with E-state index in [0.29, 0.717) is 12.3 Å². The number of allylic oxidation sites excluding steroid dienone is 2. The molecule has 0 heterocycles. The molecule has 2 bridgehead atoms. The summed E-state index contributed by atoms with van der Waals surface area (Å²) in [4.78, 5) is 24.3. The fourth-order valence-electron chi connectivity index (χ4n) is 3.97. The molecule has 3 nitrogen and oxygen atoms in total. The number of imide groups is 1. The maximum Gasteiger partial charge on any atom is 0.230 e. The average Bonchev–Trinajstić information content (AvgIpc) is 3.03. The topological polar surface area (TPSA) is 46.2 Å². The third-order valence-corrected chi connectivity index (χ3v) is 5.16. The van der Waals surface area contributed by atoms with E-state index in [2.05, 4.69) is 31.3 Å². The minimum absolute atomic E-state index is 0.00920. The smallest absolute Gasteiger partial charge is 0.230 e. The van der Waals surface area contributed by atoms with Gasteiger partial charge in [-0.1, -0.05) is 51.7 Å². The first-order valence-corrected chi connectivity index (χ1v) is 8.64. The third-order valence-electron chi connectivity index (χ3n) is 5.16. The second kappa shape index (κ2) is 7.24. The van der Waals surface area contributed by atoms with Crippen molar-refractivity contribution >= 4 is 11.8 Å². The van der Waals surface area contributed by atoms with Gasteiger partial charge in [0.2, 0.25) is 11.8 Å². The summed E-state index contributed by atoms with van der Waals surface area (Å²) >= 11 is 0. The Hall–Kier alpha value is -1.12. The van der Waals surface area contributed by atoms with Crippen molar-refractivity contribution < 1.29 is 9.59 Å². The lowest BCUT2D eigenvalue weighted by molar-refractivity contribution is -0.134. The maximum absolute atomic E-state index is 12.5. The number of nitrogens with one attached hydrogen (secondary N) is 1. The number of carbonyl (C=O) groups is 2. The molecule has 118 valence electrons. The number of fused-ring (bicyclic) bond motifs is 2. The van der Waals surface area contributed by atoms with E-state index in [-0.39, 0.29) is 23.1 Å². The van der Waals surface area contributed by atoms with Gasteiger partial charge < -0.3 is 0 Å². The van der Waals surface area contributed by atoms with Crippen LogP contribution < -0.4 is 5.32 Å².